The lowest BCUT2D eigenvalue weighted by Crippen LogP contribution is -2.07. The Bertz CT molecular complexity index is 829. The zero-order valence-electron chi connectivity index (χ0n) is 12.8. The summed E-state index contributed by atoms with van der Waals surface area (Å²) in [7, 11) is 0. The Hall–Kier alpha value is -2.69. The summed E-state index contributed by atoms with van der Waals surface area (Å²) in [4.78, 5) is 6.96. The molecule has 1 aromatic carbocycles. The molecule has 0 saturated heterocycles. The fourth-order valence-corrected chi connectivity index (χ4v) is 2.19. The molecule has 0 bridgehead atoms. The van der Waals surface area contributed by atoms with Gasteiger partial charge in [0.25, 0.3) is 0 Å². The Morgan fingerprint density at radius 2 is 1.77 bits per heavy atom. The van der Waals surface area contributed by atoms with Crippen molar-refractivity contribution in [2.75, 3.05) is 0 Å². The highest BCUT2D eigenvalue weighted by atomic mass is 16.3. The summed E-state index contributed by atoms with van der Waals surface area (Å²) in [5.41, 5.74) is 3.12. The largest absolute Gasteiger partial charge is 0.493 e. The van der Waals surface area contributed by atoms with E-state index in [-0.39, 0.29) is 11.4 Å². The van der Waals surface area contributed by atoms with Crippen LogP contribution < -0.4 is 0 Å². The molecule has 3 aromatic rings. The van der Waals surface area contributed by atoms with E-state index >= 15 is 0 Å². The minimum Gasteiger partial charge on any atom is -0.493 e. The summed E-state index contributed by atoms with van der Waals surface area (Å²) in [5.74, 6) is 0.0369. The molecule has 0 aliphatic rings. The molecule has 2 heterocycles. The minimum atomic E-state index is -0.293. The molecular formula is C17H18N4O. The predicted octanol–water partition coefficient (Wildman–Crippen LogP) is 4.82. The topological polar surface area (TPSA) is 73.6 Å². The highest BCUT2D eigenvalue weighted by Gasteiger charge is 2.13. The van der Waals surface area contributed by atoms with Gasteiger partial charge < -0.3 is 10.1 Å². The number of nitrogens with one attached hydrogen (secondary N) is 1. The van der Waals surface area contributed by atoms with Gasteiger partial charge in [-0.3, -0.25) is 4.98 Å². The molecule has 0 amide bonds. The van der Waals surface area contributed by atoms with Crippen molar-refractivity contribution in [1.29, 1.82) is 0 Å². The molecule has 0 fully saturated rings. The predicted molar refractivity (Wildman–Crippen MR) is 87.5 cm³/mol. The fraction of sp³-hybridized carbons (Fsp3) is 0.235. The van der Waals surface area contributed by atoms with E-state index in [1.807, 2.05) is 51.1 Å². The highest BCUT2D eigenvalue weighted by molar-refractivity contribution is 5.96. The highest BCUT2D eigenvalue weighted by Crippen LogP contribution is 2.38. The number of H-pyrrole nitrogens is 1. The smallest absolute Gasteiger partial charge is 0.218 e. The number of rotatable bonds is 2. The Labute approximate surface area is 128 Å². The summed E-state index contributed by atoms with van der Waals surface area (Å²) in [6.07, 6.45) is 3.52. The maximum absolute atomic E-state index is 10.1. The van der Waals surface area contributed by atoms with Gasteiger partial charge in [-0.25, -0.2) is 0 Å². The third kappa shape index (κ3) is 2.83. The Morgan fingerprint density at radius 1 is 1.05 bits per heavy atom. The molecule has 112 valence electrons. The number of fused-ring (bicyclic) bond motifs is 1. The van der Waals surface area contributed by atoms with Crippen molar-refractivity contribution in [1.82, 2.24) is 9.97 Å². The number of hydrogen-bond donors (Lipinski definition) is 2. The molecule has 5 nitrogen and oxygen atoms in total. The van der Waals surface area contributed by atoms with Gasteiger partial charge >= 0.3 is 0 Å². The second kappa shape index (κ2) is 5.26. The summed E-state index contributed by atoms with van der Waals surface area (Å²) in [6.45, 7) is 5.89. The van der Waals surface area contributed by atoms with Gasteiger partial charge in [0.05, 0.1) is 11.1 Å². The molecule has 0 aliphatic heterocycles. The number of aromatic nitrogens is 2. The second-order valence-corrected chi connectivity index (χ2v) is 6.19. The zero-order chi connectivity index (χ0) is 15.7. The molecule has 0 unspecified atom stereocenters. The van der Waals surface area contributed by atoms with Crippen LogP contribution >= 0.6 is 0 Å². The van der Waals surface area contributed by atoms with Gasteiger partial charge in [0, 0.05) is 17.8 Å². The molecule has 0 spiro atoms. The first kappa shape index (κ1) is 14.3. The summed E-state index contributed by atoms with van der Waals surface area (Å²) < 4.78 is 0. The van der Waals surface area contributed by atoms with Gasteiger partial charge in [-0.1, -0.05) is 6.07 Å². The van der Waals surface area contributed by atoms with Crippen molar-refractivity contribution in [2.45, 2.75) is 26.3 Å². The fourth-order valence-electron chi connectivity index (χ4n) is 2.19. The van der Waals surface area contributed by atoms with Crippen molar-refractivity contribution >= 4 is 16.6 Å². The van der Waals surface area contributed by atoms with Crippen molar-refractivity contribution in [3.05, 3.63) is 42.7 Å². The van der Waals surface area contributed by atoms with Crippen LogP contribution in [0.3, 0.4) is 0 Å². The van der Waals surface area contributed by atoms with Gasteiger partial charge in [-0.15, -0.1) is 5.11 Å². The van der Waals surface area contributed by atoms with E-state index < -0.39 is 0 Å². The van der Waals surface area contributed by atoms with E-state index in [2.05, 4.69) is 20.2 Å². The summed E-state index contributed by atoms with van der Waals surface area (Å²) >= 11 is 0. The van der Waals surface area contributed by atoms with Crippen LogP contribution in [-0.4, -0.2) is 20.6 Å². The van der Waals surface area contributed by atoms with Gasteiger partial charge in [0.2, 0.25) is 5.88 Å². The van der Waals surface area contributed by atoms with Crippen LogP contribution in [0.4, 0.5) is 5.69 Å². The summed E-state index contributed by atoms with van der Waals surface area (Å²) in [5, 5.41) is 19.4. The van der Waals surface area contributed by atoms with Crippen LogP contribution in [0.25, 0.3) is 22.0 Å². The van der Waals surface area contributed by atoms with E-state index in [0.717, 1.165) is 22.0 Å². The van der Waals surface area contributed by atoms with Crippen molar-refractivity contribution in [3.63, 3.8) is 0 Å². The minimum absolute atomic E-state index is 0.0369. The van der Waals surface area contributed by atoms with Crippen LogP contribution in [0.2, 0.25) is 0 Å². The van der Waals surface area contributed by atoms with E-state index in [1.54, 1.807) is 12.4 Å². The SMILES string of the molecule is CC(C)(C)N=Nc1c(O)[nH]c2ccc(-c3ccncc3)cc12. The van der Waals surface area contributed by atoms with Gasteiger partial charge in [0.15, 0.2) is 5.69 Å². The molecule has 22 heavy (non-hydrogen) atoms. The Morgan fingerprint density at radius 3 is 2.45 bits per heavy atom. The van der Waals surface area contributed by atoms with Gasteiger partial charge in [-0.2, -0.15) is 5.11 Å². The van der Waals surface area contributed by atoms with Crippen LogP contribution in [0.1, 0.15) is 20.8 Å². The van der Waals surface area contributed by atoms with E-state index in [1.165, 1.54) is 0 Å². The molecule has 0 saturated carbocycles. The third-order valence-corrected chi connectivity index (χ3v) is 3.22. The number of azo groups is 1. The molecule has 0 atom stereocenters. The number of pyridine rings is 1. The maximum atomic E-state index is 10.1. The van der Waals surface area contributed by atoms with E-state index in [4.69, 9.17) is 0 Å². The first-order valence-corrected chi connectivity index (χ1v) is 7.12. The van der Waals surface area contributed by atoms with Crippen molar-refractivity contribution < 1.29 is 5.11 Å². The Balaban J connectivity index is 2.13. The molecular weight excluding hydrogens is 276 g/mol. The third-order valence-electron chi connectivity index (χ3n) is 3.22. The molecule has 0 aliphatic carbocycles. The second-order valence-electron chi connectivity index (χ2n) is 6.19. The first-order chi connectivity index (χ1) is 10.4. The molecule has 3 rings (SSSR count). The van der Waals surface area contributed by atoms with Gasteiger partial charge in [-0.05, 0) is 56.2 Å². The molecule has 2 aromatic heterocycles. The summed E-state index contributed by atoms with van der Waals surface area (Å²) in [6, 6.07) is 9.82. The average Bonchev–Trinajstić information content (AvgIpc) is 2.80. The monoisotopic (exact) mass is 294 g/mol. The first-order valence-electron chi connectivity index (χ1n) is 7.12. The van der Waals surface area contributed by atoms with E-state index in [9.17, 15) is 5.11 Å². The molecule has 0 radical (unpaired) electrons. The number of aromatic amines is 1. The van der Waals surface area contributed by atoms with Crippen LogP contribution in [0.5, 0.6) is 5.88 Å². The number of hydrogen-bond acceptors (Lipinski definition) is 4. The van der Waals surface area contributed by atoms with Crippen molar-refractivity contribution in [2.24, 2.45) is 10.2 Å². The standard InChI is InChI=1S/C17H18N4O/c1-17(2,3)21-20-15-13-10-12(11-6-8-18-9-7-11)4-5-14(13)19-16(15)22/h4-10,19,22H,1-3H3. The van der Waals surface area contributed by atoms with Crippen molar-refractivity contribution in [3.8, 4) is 17.0 Å². The van der Waals surface area contributed by atoms with Crippen LogP contribution in [-0.2, 0) is 0 Å². The van der Waals surface area contributed by atoms with Gasteiger partial charge in [0.1, 0.15) is 0 Å². The van der Waals surface area contributed by atoms with E-state index in [0.29, 0.717) is 5.69 Å². The quantitative estimate of drug-likeness (QED) is 0.665. The normalized spacial score (nSPS) is 12.3. The average molecular weight is 294 g/mol. The lowest BCUT2D eigenvalue weighted by Gasteiger charge is -2.08. The molecule has 2 N–H and O–H groups in total. The lowest BCUT2D eigenvalue weighted by molar-refractivity contribution is 0.458. The Kier molecular flexibility index (Phi) is 3.41. The number of nitrogens with zero attached hydrogens (tertiary/aromatic N) is 3. The zero-order valence-corrected chi connectivity index (χ0v) is 12.8. The number of aromatic hydroxyl groups is 1. The van der Waals surface area contributed by atoms with Crippen LogP contribution in [0.15, 0.2) is 53.0 Å². The maximum Gasteiger partial charge on any atom is 0.218 e. The number of benzene rings is 1. The lowest BCUT2D eigenvalue weighted by atomic mass is 10.1. The molecule has 5 heteroatoms. The van der Waals surface area contributed by atoms with Crippen LogP contribution in [0, 0.1) is 0 Å².